The zero-order chi connectivity index (χ0) is 18.2. The molecule has 2 N–H and O–H groups in total. The second-order valence-corrected chi connectivity index (χ2v) is 6.52. The minimum atomic E-state index is -0.264. The number of carbonyl (C=O) groups is 1. The molecule has 2 aromatic rings. The minimum Gasteiger partial charge on any atom is -0.494 e. The van der Waals surface area contributed by atoms with Crippen LogP contribution in [0.15, 0.2) is 53.1 Å². The first-order valence-electron chi connectivity index (χ1n) is 8.22. The molecule has 0 spiro atoms. The first-order valence-corrected chi connectivity index (χ1v) is 9.02. The van der Waals surface area contributed by atoms with Crippen molar-refractivity contribution in [2.75, 3.05) is 6.61 Å². The van der Waals surface area contributed by atoms with Crippen molar-refractivity contribution in [3.05, 3.63) is 69.8 Å². The van der Waals surface area contributed by atoms with Crippen LogP contribution >= 0.6 is 15.9 Å². The van der Waals surface area contributed by atoms with Crippen LogP contribution in [-0.2, 0) is 0 Å². The summed E-state index contributed by atoms with van der Waals surface area (Å²) in [5.74, 6) is 0.796. The van der Waals surface area contributed by atoms with Gasteiger partial charge in [0.15, 0.2) is 0 Å². The van der Waals surface area contributed by atoms with Gasteiger partial charge < -0.3 is 15.4 Å². The lowest BCUT2D eigenvalue weighted by Gasteiger charge is -2.18. The molecule has 0 aliphatic carbocycles. The van der Waals surface area contributed by atoms with Crippen LogP contribution in [0.3, 0.4) is 0 Å². The highest BCUT2D eigenvalue weighted by atomic mass is 79.9. The van der Waals surface area contributed by atoms with E-state index in [-0.39, 0.29) is 12.1 Å². The van der Waals surface area contributed by atoms with E-state index in [0.29, 0.717) is 6.61 Å². The molecule has 2 rings (SSSR count). The van der Waals surface area contributed by atoms with Gasteiger partial charge >= 0.3 is 6.03 Å². The van der Waals surface area contributed by atoms with Gasteiger partial charge in [0.25, 0.3) is 0 Å². The van der Waals surface area contributed by atoms with Crippen LogP contribution in [0.4, 0.5) is 4.79 Å². The lowest BCUT2D eigenvalue weighted by molar-refractivity contribution is 0.241. The maximum Gasteiger partial charge on any atom is 0.319 e. The van der Waals surface area contributed by atoms with Gasteiger partial charge in [-0.05, 0) is 44.5 Å². The average molecular weight is 403 g/mol. The third kappa shape index (κ3) is 5.64. The van der Waals surface area contributed by atoms with Crippen LogP contribution in [0.25, 0.3) is 6.08 Å². The first kappa shape index (κ1) is 19.1. The van der Waals surface area contributed by atoms with Crippen molar-refractivity contribution < 1.29 is 9.53 Å². The zero-order valence-corrected chi connectivity index (χ0v) is 16.3. The van der Waals surface area contributed by atoms with Gasteiger partial charge in [0.2, 0.25) is 0 Å². The van der Waals surface area contributed by atoms with Crippen LogP contribution < -0.4 is 15.4 Å². The molecule has 1 atom stereocenters. The van der Waals surface area contributed by atoms with E-state index < -0.39 is 0 Å². The van der Waals surface area contributed by atoms with Crippen molar-refractivity contribution in [2.45, 2.75) is 26.8 Å². The molecule has 0 radical (unpaired) electrons. The normalized spacial score (nSPS) is 12.0. The molecule has 0 saturated carbocycles. The summed E-state index contributed by atoms with van der Waals surface area (Å²) in [6.07, 6.45) is 3.47. The first-order chi connectivity index (χ1) is 12.0. The predicted molar refractivity (Wildman–Crippen MR) is 106 cm³/mol. The number of hydrogen-bond acceptors (Lipinski definition) is 2. The quantitative estimate of drug-likeness (QED) is 0.698. The summed E-state index contributed by atoms with van der Waals surface area (Å²) in [5.41, 5.74) is 3.08. The number of urea groups is 1. The topological polar surface area (TPSA) is 50.4 Å². The van der Waals surface area contributed by atoms with E-state index in [4.69, 9.17) is 4.74 Å². The molecule has 0 heterocycles. The monoisotopic (exact) mass is 402 g/mol. The van der Waals surface area contributed by atoms with Crippen molar-refractivity contribution >= 4 is 28.0 Å². The fourth-order valence-electron chi connectivity index (χ4n) is 2.43. The Labute approximate surface area is 157 Å². The van der Waals surface area contributed by atoms with Crippen molar-refractivity contribution in [3.63, 3.8) is 0 Å². The summed E-state index contributed by atoms with van der Waals surface area (Å²) >= 11 is 3.47. The number of carbonyl (C=O) groups excluding carboxylic acids is 1. The third-order valence-corrected chi connectivity index (χ3v) is 4.38. The van der Waals surface area contributed by atoms with Crippen LogP contribution in [0, 0.1) is 6.92 Å². The van der Waals surface area contributed by atoms with Gasteiger partial charge in [-0.3, -0.25) is 0 Å². The van der Waals surface area contributed by atoms with Crippen LogP contribution in [0.5, 0.6) is 5.75 Å². The summed E-state index contributed by atoms with van der Waals surface area (Å²) in [6, 6.07) is 13.4. The summed E-state index contributed by atoms with van der Waals surface area (Å²) in [7, 11) is 0. The maximum atomic E-state index is 12.1. The second kappa shape index (κ2) is 9.28. The number of benzene rings is 2. The summed E-state index contributed by atoms with van der Waals surface area (Å²) in [5, 5.41) is 5.66. The Morgan fingerprint density at radius 1 is 1.28 bits per heavy atom. The molecule has 132 valence electrons. The van der Waals surface area contributed by atoms with Gasteiger partial charge in [0.05, 0.1) is 12.6 Å². The Hall–Kier alpha value is -2.27. The highest BCUT2D eigenvalue weighted by molar-refractivity contribution is 9.10. The molecular weight excluding hydrogens is 380 g/mol. The molecule has 2 aromatic carbocycles. The Bertz CT molecular complexity index is 759. The van der Waals surface area contributed by atoms with Crippen LogP contribution in [0.1, 0.15) is 36.6 Å². The van der Waals surface area contributed by atoms with Gasteiger partial charge in [-0.1, -0.05) is 51.8 Å². The highest BCUT2D eigenvalue weighted by Gasteiger charge is 2.14. The molecule has 0 saturated heterocycles. The van der Waals surface area contributed by atoms with Crippen LogP contribution in [0.2, 0.25) is 0 Å². The Kier molecular flexibility index (Phi) is 7.07. The maximum absolute atomic E-state index is 12.1. The number of ether oxygens (including phenoxy) is 1. The molecule has 4 nitrogen and oxygen atoms in total. The fourth-order valence-corrected chi connectivity index (χ4v) is 2.84. The number of aryl methyl sites for hydroxylation is 1. The average Bonchev–Trinajstić information content (AvgIpc) is 2.58. The lowest BCUT2D eigenvalue weighted by Crippen LogP contribution is -2.34. The number of hydrogen-bond donors (Lipinski definition) is 2. The number of nitrogens with one attached hydrogen (secondary N) is 2. The third-order valence-electron chi connectivity index (χ3n) is 3.66. The van der Waals surface area contributed by atoms with Gasteiger partial charge in [-0.25, -0.2) is 4.79 Å². The van der Waals surface area contributed by atoms with Crippen molar-refractivity contribution in [1.82, 2.24) is 10.6 Å². The fraction of sp³-hybridized carbons (Fsp3) is 0.250. The summed E-state index contributed by atoms with van der Waals surface area (Å²) in [4.78, 5) is 12.1. The van der Waals surface area contributed by atoms with Crippen molar-refractivity contribution in [3.8, 4) is 5.75 Å². The molecule has 0 aliphatic rings. The molecule has 2 amide bonds. The van der Waals surface area contributed by atoms with E-state index in [1.54, 1.807) is 6.20 Å². The molecule has 25 heavy (non-hydrogen) atoms. The smallest absolute Gasteiger partial charge is 0.319 e. The van der Waals surface area contributed by atoms with E-state index in [0.717, 1.165) is 26.9 Å². The zero-order valence-electron chi connectivity index (χ0n) is 14.7. The second-order valence-electron chi connectivity index (χ2n) is 5.67. The number of amides is 2. The molecule has 0 fully saturated rings. The molecule has 0 aromatic heterocycles. The van der Waals surface area contributed by atoms with E-state index in [2.05, 4.69) is 26.6 Å². The minimum absolute atomic E-state index is 0.168. The molecular formula is C20H23BrN2O2. The molecule has 0 bridgehead atoms. The SMILES string of the molecule is CCOc1ccc(C)cc1C(C)NC(=O)N/C=C/c1ccccc1Br. The van der Waals surface area contributed by atoms with Crippen LogP contribution in [-0.4, -0.2) is 12.6 Å². The van der Waals surface area contributed by atoms with E-state index in [1.165, 1.54) is 0 Å². The molecule has 5 heteroatoms. The standard InChI is InChI=1S/C20H23BrN2O2/c1-4-25-19-10-9-14(2)13-17(19)15(3)23-20(24)22-12-11-16-7-5-6-8-18(16)21/h5-13,15H,4H2,1-3H3,(H2,22,23,24)/b12-11+. The molecule has 1 unspecified atom stereocenters. The van der Waals surface area contributed by atoms with Crippen molar-refractivity contribution in [2.24, 2.45) is 0 Å². The lowest BCUT2D eigenvalue weighted by atomic mass is 10.0. The van der Waals surface area contributed by atoms with Gasteiger partial charge in [0.1, 0.15) is 5.75 Å². The summed E-state index contributed by atoms with van der Waals surface area (Å²) < 4.78 is 6.63. The van der Waals surface area contributed by atoms with Gasteiger partial charge in [-0.15, -0.1) is 0 Å². The Balaban J connectivity index is 1.98. The largest absolute Gasteiger partial charge is 0.494 e. The highest BCUT2D eigenvalue weighted by Crippen LogP contribution is 2.26. The Morgan fingerprint density at radius 3 is 2.76 bits per heavy atom. The van der Waals surface area contributed by atoms with Crippen molar-refractivity contribution in [1.29, 1.82) is 0 Å². The number of rotatable bonds is 6. The van der Waals surface area contributed by atoms with E-state index in [9.17, 15) is 4.79 Å². The molecule has 0 aliphatic heterocycles. The Morgan fingerprint density at radius 2 is 2.04 bits per heavy atom. The van der Waals surface area contributed by atoms with Gasteiger partial charge in [0, 0.05) is 16.2 Å². The predicted octanol–water partition coefficient (Wildman–Crippen LogP) is 5.19. The summed E-state index contributed by atoms with van der Waals surface area (Å²) in [6.45, 7) is 6.49. The van der Waals surface area contributed by atoms with E-state index in [1.807, 2.05) is 69.3 Å². The number of halogens is 1. The van der Waals surface area contributed by atoms with Gasteiger partial charge in [-0.2, -0.15) is 0 Å². The van der Waals surface area contributed by atoms with E-state index >= 15 is 0 Å².